The number of carbonyl (C=O) groups excluding carboxylic acids is 1. The van der Waals surface area contributed by atoms with Gasteiger partial charge in [-0.3, -0.25) is 9.59 Å². The summed E-state index contributed by atoms with van der Waals surface area (Å²) in [6, 6.07) is -0.546. The molecule has 0 aromatic rings. The summed E-state index contributed by atoms with van der Waals surface area (Å²) in [7, 11) is 0. The molecule has 3 N–H and O–H groups in total. The Morgan fingerprint density at radius 3 is 2.62 bits per heavy atom. The van der Waals surface area contributed by atoms with Crippen molar-refractivity contribution in [3.05, 3.63) is 0 Å². The van der Waals surface area contributed by atoms with Crippen LogP contribution in [-0.4, -0.2) is 40.5 Å². The average Bonchev–Trinajstić information content (AvgIpc) is 3.01. The molecule has 1 saturated carbocycles. The molecule has 0 bridgehead atoms. The quantitative estimate of drug-likeness (QED) is 0.612. The molecule has 0 aliphatic heterocycles. The van der Waals surface area contributed by atoms with Crippen molar-refractivity contribution in [2.24, 2.45) is 5.73 Å². The van der Waals surface area contributed by atoms with Crippen LogP contribution in [0.25, 0.3) is 0 Å². The Kier molecular flexibility index (Phi) is 4.32. The smallest absolute Gasteiger partial charge is 0.305 e. The van der Waals surface area contributed by atoms with Crippen LogP contribution in [0, 0.1) is 12.3 Å². The van der Waals surface area contributed by atoms with Crippen molar-refractivity contribution in [2.75, 3.05) is 6.54 Å². The first-order valence-electron chi connectivity index (χ1n) is 5.27. The van der Waals surface area contributed by atoms with E-state index in [0.29, 0.717) is 0 Å². The average molecular weight is 224 g/mol. The van der Waals surface area contributed by atoms with Crippen LogP contribution in [0.15, 0.2) is 0 Å². The Balaban J connectivity index is 2.52. The van der Waals surface area contributed by atoms with Crippen LogP contribution in [0.1, 0.15) is 25.7 Å². The number of nitrogens with two attached hydrogens (primary N) is 1. The minimum Gasteiger partial charge on any atom is -0.481 e. The number of aliphatic carboxylic acids is 1. The zero-order chi connectivity index (χ0) is 12.1. The first-order chi connectivity index (χ1) is 7.56. The van der Waals surface area contributed by atoms with Gasteiger partial charge in [-0.05, 0) is 12.8 Å². The van der Waals surface area contributed by atoms with Crippen LogP contribution in [0.3, 0.4) is 0 Å². The second-order valence-corrected chi connectivity index (χ2v) is 3.92. The van der Waals surface area contributed by atoms with Crippen molar-refractivity contribution in [3.63, 3.8) is 0 Å². The summed E-state index contributed by atoms with van der Waals surface area (Å²) in [4.78, 5) is 23.9. The third-order valence-electron chi connectivity index (χ3n) is 2.49. The molecule has 0 saturated heterocycles. The van der Waals surface area contributed by atoms with Gasteiger partial charge in [-0.1, -0.05) is 0 Å². The predicted molar refractivity (Wildman–Crippen MR) is 58.4 cm³/mol. The number of hydrogen-bond donors (Lipinski definition) is 2. The molecule has 16 heavy (non-hydrogen) atoms. The summed E-state index contributed by atoms with van der Waals surface area (Å²) in [5.74, 6) is 1.19. The Morgan fingerprint density at radius 1 is 1.56 bits per heavy atom. The van der Waals surface area contributed by atoms with Crippen LogP contribution >= 0.6 is 0 Å². The highest BCUT2D eigenvalue weighted by Crippen LogP contribution is 2.27. The molecule has 0 radical (unpaired) electrons. The van der Waals surface area contributed by atoms with Gasteiger partial charge < -0.3 is 15.7 Å². The Hall–Kier alpha value is -1.54. The standard InChI is InChI=1S/C11H16N2O3/c1-2-3-9(12)11(16)13(8-4-5-8)7-6-10(14)15/h1,8-9H,3-7,12H2,(H,14,15). The molecule has 0 aromatic carbocycles. The molecule has 1 atom stereocenters. The van der Waals surface area contributed by atoms with Crippen LogP contribution in [0.5, 0.6) is 0 Å². The summed E-state index contributed by atoms with van der Waals surface area (Å²) in [5, 5.41) is 8.59. The Morgan fingerprint density at radius 2 is 2.19 bits per heavy atom. The minimum absolute atomic E-state index is 0.0506. The van der Waals surface area contributed by atoms with Gasteiger partial charge in [0, 0.05) is 19.0 Å². The number of carboxylic acids is 1. The molecule has 0 spiro atoms. The fraction of sp³-hybridized carbons (Fsp3) is 0.636. The van der Waals surface area contributed by atoms with E-state index in [1.807, 2.05) is 0 Å². The van der Waals surface area contributed by atoms with Gasteiger partial charge in [-0.25, -0.2) is 0 Å². The molecule has 5 heteroatoms. The van der Waals surface area contributed by atoms with Crippen molar-refractivity contribution < 1.29 is 14.7 Å². The molecule has 5 nitrogen and oxygen atoms in total. The summed E-state index contributed by atoms with van der Waals surface area (Å²) in [6.45, 7) is 0.219. The van der Waals surface area contributed by atoms with E-state index in [1.165, 1.54) is 0 Å². The number of hydrogen-bond acceptors (Lipinski definition) is 3. The molecule has 1 aliphatic carbocycles. The molecule has 1 unspecified atom stereocenters. The third-order valence-corrected chi connectivity index (χ3v) is 2.49. The lowest BCUT2D eigenvalue weighted by Crippen LogP contribution is -2.45. The van der Waals surface area contributed by atoms with Crippen molar-refractivity contribution in [3.8, 4) is 12.3 Å². The Labute approximate surface area is 94.6 Å². The van der Waals surface area contributed by atoms with Crippen LogP contribution in [0.2, 0.25) is 0 Å². The lowest BCUT2D eigenvalue weighted by molar-refractivity contribution is -0.139. The fourth-order valence-corrected chi connectivity index (χ4v) is 1.50. The fourth-order valence-electron chi connectivity index (χ4n) is 1.50. The highest BCUT2D eigenvalue weighted by Gasteiger charge is 2.34. The number of rotatable bonds is 6. The zero-order valence-electron chi connectivity index (χ0n) is 9.06. The molecule has 1 rings (SSSR count). The van der Waals surface area contributed by atoms with Gasteiger partial charge in [0.1, 0.15) is 0 Å². The van der Waals surface area contributed by atoms with E-state index >= 15 is 0 Å². The van der Waals surface area contributed by atoms with E-state index in [2.05, 4.69) is 5.92 Å². The maximum Gasteiger partial charge on any atom is 0.305 e. The van der Waals surface area contributed by atoms with Crippen LogP contribution < -0.4 is 5.73 Å². The SMILES string of the molecule is C#CCC(N)C(=O)N(CCC(=O)O)C1CC1. The topological polar surface area (TPSA) is 83.6 Å². The van der Waals surface area contributed by atoms with Gasteiger partial charge in [0.25, 0.3) is 0 Å². The predicted octanol–water partition coefficient (Wildman–Crippen LogP) is -0.197. The first kappa shape index (κ1) is 12.5. The van der Waals surface area contributed by atoms with Crippen molar-refractivity contribution in [2.45, 2.75) is 37.8 Å². The second kappa shape index (κ2) is 5.52. The molecular weight excluding hydrogens is 208 g/mol. The van der Waals surface area contributed by atoms with Gasteiger partial charge >= 0.3 is 5.97 Å². The van der Waals surface area contributed by atoms with E-state index < -0.39 is 12.0 Å². The van der Waals surface area contributed by atoms with Gasteiger partial charge in [-0.15, -0.1) is 12.3 Å². The van der Waals surface area contributed by atoms with E-state index in [1.54, 1.807) is 4.90 Å². The maximum absolute atomic E-state index is 11.8. The lowest BCUT2D eigenvalue weighted by atomic mass is 10.2. The molecule has 1 fully saturated rings. The second-order valence-electron chi connectivity index (χ2n) is 3.92. The number of terminal acetylenes is 1. The van der Waals surface area contributed by atoms with E-state index in [4.69, 9.17) is 17.3 Å². The number of nitrogens with zero attached hydrogens (tertiary/aromatic N) is 1. The summed E-state index contributed by atoms with van der Waals surface area (Å²) in [5.41, 5.74) is 5.62. The first-order valence-corrected chi connectivity index (χ1v) is 5.27. The van der Waals surface area contributed by atoms with Gasteiger partial charge in [0.15, 0.2) is 0 Å². The summed E-state index contributed by atoms with van der Waals surface area (Å²) >= 11 is 0. The van der Waals surface area contributed by atoms with Crippen molar-refractivity contribution in [1.82, 2.24) is 4.90 Å². The lowest BCUT2D eigenvalue weighted by Gasteiger charge is -2.24. The van der Waals surface area contributed by atoms with Gasteiger partial charge in [-0.2, -0.15) is 0 Å². The highest BCUT2D eigenvalue weighted by molar-refractivity contribution is 5.83. The van der Waals surface area contributed by atoms with Crippen molar-refractivity contribution >= 4 is 11.9 Å². The largest absolute Gasteiger partial charge is 0.481 e. The van der Waals surface area contributed by atoms with E-state index in [0.717, 1.165) is 12.8 Å². The molecule has 0 aromatic heterocycles. The zero-order valence-corrected chi connectivity index (χ0v) is 9.06. The monoisotopic (exact) mass is 224 g/mol. The summed E-state index contributed by atoms with van der Waals surface area (Å²) < 4.78 is 0. The third kappa shape index (κ3) is 3.55. The number of amides is 1. The normalized spacial score (nSPS) is 16.2. The maximum atomic E-state index is 11.8. The highest BCUT2D eigenvalue weighted by atomic mass is 16.4. The minimum atomic E-state index is -0.913. The van der Waals surface area contributed by atoms with E-state index in [9.17, 15) is 9.59 Å². The Bertz CT molecular complexity index is 318. The van der Waals surface area contributed by atoms with Gasteiger partial charge in [0.2, 0.25) is 5.91 Å². The van der Waals surface area contributed by atoms with Gasteiger partial charge in [0.05, 0.1) is 12.5 Å². The van der Waals surface area contributed by atoms with E-state index in [-0.39, 0.29) is 31.3 Å². The number of carbonyl (C=O) groups is 2. The molecule has 1 amide bonds. The number of carboxylic acid groups (broad SMARTS) is 1. The molecule has 1 aliphatic rings. The molecule has 88 valence electrons. The molecular formula is C11H16N2O3. The molecule has 0 heterocycles. The van der Waals surface area contributed by atoms with Crippen LogP contribution in [0.4, 0.5) is 0 Å². The summed E-state index contributed by atoms with van der Waals surface area (Å²) in [6.07, 6.45) is 7.07. The van der Waals surface area contributed by atoms with Crippen LogP contribution in [-0.2, 0) is 9.59 Å². The van der Waals surface area contributed by atoms with Crippen molar-refractivity contribution in [1.29, 1.82) is 0 Å².